The van der Waals surface area contributed by atoms with Gasteiger partial charge in [0.15, 0.2) is 5.69 Å². The van der Waals surface area contributed by atoms with Crippen LogP contribution in [0.3, 0.4) is 0 Å². The van der Waals surface area contributed by atoms with Crippen LogP contribution in [-0.2, 0) is 10.9 Å². The summed E-state index contributed by atoms with van der Waals surface area (Å²) in [6.45, 7) is 1.45. The third-order valence-corrected chi connectivity index (χ3v) is 4.88. The number of nitrogens with zero attached hydrogens (tertiary/aromatic N) is 3. The highest BCUT2D eigenvalue weighted by Crippen LogP contribution is 2.45. The Balaban J connectivity index is 2.44. The van der Waals surface area contributed by atoms with Crippen LogP contribution in [0.4, 0.5) is 22.0 Å². The fraction of sp³-hybridized carbons (Fsp3) is 0.444. The number of rotatable bonds is 4. The van der Waals surface area contributed by atoms with Crippen molar-refractivity contribution in [3.05, 3.63) is 46.0 Å². The molecule has 3 rings (SSSR count). The summed E-state index contributed by atoms with van der Waals surface area (Å²) in [6, 6.07) is 1.40. The van der Waals surface area contributed by atoms with Crippen molar-refractivity contribution in [1.29, 1.82) is 0 Å². The lowest BCUT2D eigenvalue weighted by atomic mass is 9.75. The van der Waals surface area contributed by atoms with Crippen LogP contribution in [-0.4, -0.2) is 33.8 Å². The van der Waals surface area contributed by atoms with Gasteiger partial charge in [-0.1, -0.05) is 6.42 Å². The van der Waals surface area contributed by atoms with Gasteiger partial charge in [0.1, 0.15) is 5.69 Å². The van der Waals surface area contributed by atoms with E-state index in [1.165, 1.54) is 19.2 Å². The average molecular weight is 417 g/mol. The number of hydrogen-bond donors (Lipinski definition) is 0. The van der Waals surface area contributed by atoms with E-state index in [4.69, 9.17) is 0 Å². The lowest BCUT2D eigenvalue weighted by Crippen LogP contribution is -2.30. The Morgan fingerprint density at radius 3 is 2.31 bits per heavy atom. The van der Waals surface area contributed by atoms with Crippen LogP contribution >= 0.6 is 0 Å². The largest absolute Gasteiger partial charge is 0.465 e. The molecule has 156 valence electrons. The normalized spacial score (nSPS) is 14.8. The van der Waals surface area contributed by atoms with E-state index in [9.17, 15) is 31.5 Å². The van der Waals surface area contributed by atoms with E-state index in [0.717, 1.165) is 11.8 Å². The van der Waals surface area contributed by atoms with E-state index in [0.29, 0.717) is 19.3 Å². The van der Waals surface area contributed by atoms with Crippen molar-refractivity contribution in [2.75, 3.05) is 7.11 Å². The van der Waals surface area contributed by atoms with Gasteiger partial charge in [-0.05, 0) is 37.3 Å². The van der Waals surface area contributed by atoms with Gasteiger partial charge >= 0.3 is 12.1 Å². The minimum atomic E-state index is -5.21. The topological polar surface area (TPSA) is 74.1 Å². The molecule has 0 atom stereocenters. The minimum absolute atomic E-state index is 0.236. The molecule has 1 fully saturated rings. The second kappa shape index (κ2) is 7.53. The number of hydrogen-bond acceptors (Lipinski definition) is 5. The number of ether oxygens (including phenoxy) is 1. The molecule has 0 unspecified atom stereocenters. The summed E-state index contributed by atoms with van der Waals surface area (Å²) in [6.07, 6.45) is -6.17. The maximum atomic E-state index is 13.8. The Labute approximate surface area is 161 Å². The first-order chi connectivity index (χ1) is 13.6. The monoisotopic (exact) mass is 417 g/mol. The predicted octanol–water partition coefficient (Wildman–Crippen LogP) is 4.29. The number of alkyl halides is 5. The maximum Gasteiger partial charge on any atom is 0.434 e. The molecule has 1 aliphatic rings. The summed E-state index contributed by atoms with van der Waals surface area (Å²) in [7, 11) is 0.916. The number of halogens is 5. The third kappa shape index (κ3) is 3.60. The van der Waals surface area contributed by atoms with Crippen LogP contribution in [0.5, 0.6) is 0 Å². The van der Waals surface area contributed by atoms with E-state index >= 15 is 0 Å². The molecule has 0 spiro atoms. The summed E-state index contributed by atoms with van der Waals surface area (Å²) in [5, 5.41) is 3.72. The average Bonchev–Trinajstić information content (AvgIpc) is 3.03. The number of carbonyl (C=O) groups is 2. The van der Waals surface area contributed by atoms with E-state index < -0.39 is 58.5 Å². The van der Waals surface area contributed by atoms with Gasteiger partial charge < -0.3 is 4.74 Å². The maximum absolute atomic E-state index is 13.8. The Hall–Kier alpha value is -2.85. The molecule has 29 heavy (non-hydrogen) atoms. The van der Waals surface area contributed by atoms with Crippen molar-refractivity contribution < 1.29 is 36.3 Å². The molecule has 0 saturated heterocycles. The Morgan fingerprint density at radius 2 is 1.90 bits per heavy atom. The second-order valence-electron chi connectivity index (χ2n) is 6.62. The lowest BCUT2D eigenvalue weighted by Gasteiger charge is -2.31. The molecule has 0 aromatic carbocycles. The van der Waals surface area contributed by atoms with Crippen molar-refractivity contribution in [2.24, 2.45) is 0 Å². The highest BCUT2D eigenvalue weighted by molar-refractivity contribution is 6.03. The van der Waals surface area contributed by atoms with Crippen LogP contribution < -0.4 is 0 Å². The molecule has 1 saturated carbocycles. The molecule has 6 nitrogen and oxygen atoms in total. The number of carbonyl (C=O) groups excluding carboxylic acids is 2. The lowest BCUT2D eigenvalue weighted by molar-refractivity contribution is -0.141. The van der Waals surface area contributed by atoms with Crippen LogP contribution in [0.1, 0.15) is 75.0 Å². The molecule has 0 amide bonds. The summed E-state index contributed by atoms with van der Waals surface area (Å²) in [4.78, 5) is 28.3. The summed E-state index contributed by atoms with van der Waals surface area (Å²) < 4.78 is 73.7. The predicted molar refractivity (Wildman–Crippen MR) is 88.8 cm³/mol. The van der Waals surface area contributed by atoms with E-state index in [1.54, 1.807) is 0 Å². The first kappa shape index (κ1) is 20.9. The van der Waals surface area contributed by atoms with Gasteiger partial charge in [0, 0.05) is 11.9 Å². The summed E-state index contributed by atoms with van der Waals surface area (Å²) in [5.41, 5.74) is -5.00. The Morgan fingerprint density at radius 1 is 1.24 bits per heavy atom. The molecule has 0 radical (unpaired) electrons. The van der Waals surface area contributed by atoms with Gasteiger partial charge in [-0.15, -0.1) is 0 Å². The van der Waals surface area contributed by atoms with E-state index in [1.807, 2.05) is 0 Å². The molecule has 0 N–H and O–H groups in total. The third-order valence-electron chi connectivity index (χ3n) is 4.88. The highest BCUT2D eigenvalue weighted by Gasteiger charge is 2.45. The van der Waals surface area contributed by atoms with Gasteiger partial charge in [0.25, 0.3) is 12.3 Å². The Bertz CT molecular complexity index is 964. The zero-order valence-corrected chi connectivity index (χ0v) is 15.4. The van der Waals surface area contributed by atoms with Crippen molar-refractivity contribution in [3.63, 3.8) is 0 Å². The quantitative estimate of drug-likeness (QED) is 0.548. The Kier molecular flexibility index (Phi) is 5.42. The molecule has 0 bridgehead atoms. The van der Waals surface area contributed by atoms with Crippen molar-refractivity contribution in [3.8, 4) is 0 Å². The van der Waals surface area contributed by atoms with Crippen molar-refractivity contribution in [1.82, 2.24) is 14.8 Å². The SMILES string of the molecule is COC(=O)c1c(C(F)F)nc(C(F)(F)F)c(C(=O)n2nccc2C)c1C1CCC1. The van der Waals surface area contributed by atoms with Gasteiger partial charge in [-0.25, -0.2) is 23.2 Å². The van der Waals surface area contributed by atoms with Crippen LogP contribution in [0.15, 0.2) is 12.3 Å². The van der Waals surface area contributed by atoms with Crippen LogP contribution in [0.2, 0.25) is 0 Å². The molecular formula is C18H16F5N3O3. The zero-order chi connectivity index (χ0) is 21.5. The van der Waals surface area contributed by atoms with Crippen molar-refractivity contribution in [2.45, 2.75) is 44.7 Å². The van der Waals surface area contributed by atoms with Gasteiger partial charge in [-0.3, -0.25) is 4.79 Å². The number of aryl methyl sites for hydroxylation is 1. The molecule has 2 aromatic rings. The molecule has 0 aliphatic heterocycles. The minimum Gasteiger partial charge on any atom is -0.465 e. The fourth-order valence-electron chi connectivity index (χ4n) is 3.31. The van der Waals surface area contributed by atoms with Gasteiger partial charge in [0.2, 0.25) is 0 Å². The van der Waals surface area contributed by atoms with Gasteiger partial charge in [0.05, 0.1) is 18.2 Å². The second-order valence-corrected chi connectivity index (χ2v) is 6.62. The van der Waals surface area contributed by atoms with E-state index in [-0.39, 0.29) is 5.69 Å². The van der Waals surface area contributed by atoms with Crippen LogP contribution in [0, 0.1) is 6.92 Å². The summed E-state index contributed by atoms with van der Waals surface area (Å²) in [5.74, 6) is -3.14. The standard InChI is InChI=1S/C18H16F5N3O3/c1-8-6-7-24-26(8)16(27)12-10(9-4-3-5-9)11(17(28)29-2)13(15(19)20)25-14(12)18(21,22)23/h6-7,9,15H,3-5H2,1-2H3. The smallest absolute Gasteiger partial charge is 0.434 e. The van der Waals surface area contributed by atoms with E-state index in [2.05, 4.69) is 14.8 Å². The first-order valence-electron chi connectivity index (χ1n) is 8.64. The molecular weight excluding hydrogens is 401 g/mol. The molecule has 2 aromatic heterocycles. The first-order valence-corrected chi connectivity index (χ1v) is 8.64. The number of pyridine rings is 1. The summed E-state index contributed by atoms with van der Waals surface area (Å²) >= 11 is 0. The molecule has 2 heterocycles. The van der Waals surface area contributed by atoms with Gasteiger partial charge in [-0.2, -0.15) is 18.3 Å². The van der Waals surface area contributed by atoms with Crippen molar-refractivity contribution >= 4 is 11.9 Å². The number of aromatic nitrogens is 3. The van der Waals surface area contributed by atoms with Crippen LogP contribution in [0.25, 0.3) is 0 Å². The number of esters is 1. The number of methoxy groups -OCH3 is 1. The zero-order valence-electron chi connectivity index (χ0n) is 15.4. The molecule has 1 aliphatic carbocycles. The fourth-order valence-corrected chi connectivity index (χ4v) is 3.31. The molecule has 11 heteroatoms. The highest BCUT2D eigenvalue weighted by atomic mass is 19.4.